The third kappa shape index (κ3) is 2.74. The van der Waals surface area contributed by atoms with Crippen molar-refractivity contribution in [3.05, 3.63) is 96.1 Å². The third-order valence-electron chi connectivity index (χ3n) is 4.09. The van der Waals surface area contributed by atoms with E-state index in [2.05, 4.69) is 6.07 Å². The number of rotatable bonds is 2. The Morgan fingerprint density at radius 2 is 1.17 bits per heavy atom. The highest BCUT2D eigenvalue weighted by Gasteiger charge is 2.03. The van der Waals surface area contributed by atoms with Crippen LogP contribution in [-0.4, -0.2) is 0 Å². The van der Waals surface area contributed by atoms with E-state index in [1.54, 1.807) is 6.08 Å². The molecule has 0 aliphatic heterocycles. The molecule has 0 unspecified atom stereocenters. The first-order chi connectivity index (χ1) is 11.3. The van der Waals surface area contributed by atoms with E-state index in [4.69, 9.17) is 0 Å². The number of hydrogen-bond donors (Lipinski definition) is 0. The van der Waals surface area contributed by atoms with Gasteiger partial charge in [0.2, 0.25) is 0 Å². The van der Waals surface area contributed by atoms with Crippen LogP contribution >= 0.6 is 0 Å². The minimum Gasteiger partial charge on any atom is -0.206 e. The zero-order valence-electron chi connectivity index (χ0n) is 12.5. The SMILES string of the molecule is F/C(=C/c1ccc2ccccc2c1)c1ccc2ccccc2c1. The molecule has 4 aromatic rings. The first-order valence-electron chi connectivity index (χ1n) is 7.65. The summed E-state index contributed by atoms with van der Waals surface area (Å²) in [5.41, 5.74) is 1.48. The second-order valence-electron chi connectivity index (χ2n) is 5.66. The van der Waals surface area contributed by atoms with Crippen LogP contribution in [0.4, 0.5) is 4.39 Å². The van der Waals surface area contributed by atoms with Crippen molar-refractivity contribution in [2.75, 3.05) is 0 Å². The van der Waals surface area contributed by atoms with Gasteiger partial charge in [-0.25, -0.2) is 4.39 Å². The molecule has 0 saturated carbocycles. The molecule has 0 saturated heterocycles. The third-order valence-corrected chi connectivity index (χ3v) is 4.09. The largest absolute Gasteiger partial charge is 0.206 e. The lowest BCUT2D eigenvalue weighted by Gasteiger charge is -2.03. The molecular formula is C22H15F. The molecule has 110 valence electrons. The lowest BCUT2D eigenvalue weighted by Crippen LogP contribution is -1.81. The maximum absolute atomic E-state index is 14.6. The summed E-state index contributed by atoms with van der Waals surface area (Å²) in [7, 11) is 0. The van der Waals surface area contributed by atoms with Gasteiger partial charge in [-0.15, -0.1) is 0 Å². The standard InChI is InChI=1S/C22H15F/c23-22(21-12-11-18-6-2-4-8-20(18)15-21)14-16-9-10-17-5-1-3-7-19(17)13-16/h1-15H/b22-14+. The quantitative estimate of drug-likeness (QED) is 0.372. The predicted molar refractivity (Wildman–Crippen MR) is 96.9 cm³/mol. The Kier molecular flexibility index (Phi) is 3.39. The summed E-state index contributed by atoms with van der Waals surface area (Å²) in [4.78, 5) is 0. The lowest BCUT2D eigenvalue weighted by atomic mass is 10.0. The minimum atomic E-state index is -0.217. The van der Waals surface area contributed by atoms with E-state index < -0.39 is 0 Å². The molecule has 0 bridgehead atoms. The molecule has 0 heterocycles. The van der Waals surface area contributed by atoms with Crippen molar-refractivity contribution >= 4 is 33.4 Å². The Labute approximate surface area is 134 Å². The van der Waals surface area contributed by atoms with Crippen LogP contribution in [0.15, 0.2) is 84.9 Å². The number of benzene rings is 4. The minimum absolute atomic E-state index is 0.217. The summed E-state index contributed by atoms with van der Waals surface area (Å²) in [5, 5.41) is 4.45. The molecule has 0 N–H and O–H groups in total. The van der Waals surface area contributed by atoms with Crippen LogP contribution in [0.25, 0.3) is 33.4 Å². The molecule has 23 heavy (non-hydrogen) atoms. The molecule has 0 radical (unpaired) electrons. The fourth-order valence-corrected chi connectivity index (χ4v) is 2.87. The van der Waals surface area contributed by atoms with Gasteiger partial charge in [0.1, 0.15) is 5.83 Å². The number of hydrogen-bond acceptors (Lipinski definition) is 0. The second-order valence-corrected chi connectivity index (χ2v) is 5.66. The average molecular weight is 298 g/mol. The van der Waals surface area contributed by atoms with E-state index in [0.717, 1.165) is 27.1 Å². The highest BCUT2D eigenvalue weighted by molar-refractivity contribution is 5.90. The van der Waals surface area contributed by atoms with Crippen molar-refractivity contribution in [3.8, 4) is 0 Å². The van der Waals surface area contributed by atoms with Crippen LogP contribution in [-0.2, 0) is 0 Å². The van der Waals surface area contributed by atoms with Gasteiger partial charge in [-0.05, 0) is 45.3 Å². The van der Waals surface area contributed by atoms with Gasteiger partial charge < -0.3 is 0 Å². The molecule has 4 aromatic carbocycles. The molecule has 0 atom stereocenters. The van der Waals surface area contributed by atoms with Crippen molar-refractivity contribution < 1.29 is 4.39 Å². The average Bonchev–Trinajstić information content (AvgIpc) is 2.61. The van der Waals surface area contributed by atoms with Crippen LogP contribution in [0.1, 0.15) is 11.1 Å². The second kappa shape index (κ2) is 5.69. The predicted octanol–water partition coefficient (Wildman–Crippen LogP) is 6.46. The summed E-state index contributed by atoms with van der Waals surface area (Å²) in [6.07, 6.45) is 1.59. The first-order valence-corrected chi connectivity index (χ1v) is 7.65. The molecule has 0 aromatic heterocycles. The van der Waals surface area contributed by atoms with Crippen LogP contribution in [0.2, 0.25) is 0 Å². The Morgan fingerprint density at radius 3 is 1.87 bits per heavy atom. The van der Waals surface area contributed by atoms with E-state index in [1.807, 2.05) is 78.9 Å². The smallest absolute Gasteiger partial charge is 0.131 e. The normalized spacial score (nSPS) is 12.0. The molecule has 0 fully saturated rings. The summed E-state index contributed by atoms with van der Waals surface area (Å²) in [6.45, 7) is 0. The highest BCUT2D eigenvalue weighted by atomic mass is 19.1. The topological polar surface area (TPSA) is 0 Å². The van der Waals surface area contributed by atoms with E-state index >= 15 is 0 Å². The monoisotopic (exact) mass is 298 g/mol. The Bertz CT molecular complexity index is 1030. The van der Waals surface area contributed by atoms with Gasteiger partial charge in [0, 0.05) is 5.56 Å². The van der Waals surface area contributed by atoms with E-state index in [1.165, 1.54) is 0 Å². The van der Waals surface area contributed by atoms with Crippen LogP contribution in [0.3, 0.4) is 0 Å². The highest BCUT2D eigenvalue weighted by Crippen LogP contribution is 2.25. The Hall–Kier alpha value is -2.93. The fraction of sp³-hybridized carbons (Fsp3) is 0. The molecule has 4 rings (SSSR count). The van der Waals surface area contributed by atoms with E-state index in [0.29, 0.717) is 5.56 Å². The van der Waals surface area contributed by atoms with Crippen LogP contribution in [0, 0.1) is 0 Å². The summed E-state index contributed by atoms with van der Waals surface area (Å²) in [5.74, 6) is -0.217. The van der Waals surface area contributed by atoms with E-state index in [-0.39, 0.29) is 5.83 Å². The molecule has 0 amide bonds. The molecule has 0 aliphatic rings. The molecule has 0 aliphatic carbocycles. The molecule has 1 heteroatoms. The van der Waals surface area contributed by atoms with Gasteiger partial charge in [-0.3, -0.25) is 0 Å². The zero-order chi connectivity index (χ0) is 15.6. The van der Waals surface area contributed by atoms with Crippen molar-refractivity contribution in [1.29, 1.82) is 0 Å². The number of fused-ring (bicyclic) bond motifs is 2. The molecular weight excluding hydrogens is 283 g/mol. The van der Waals surface area contributed by atoms with Crippen LogP contribution in [0.5, 0.6) is 0 Å². The fourth-order valence-electron chi connectivity index (χ4n) is 2.87. The molecule has 0 nitrogen and oxygen atoms in total. The molecule has 0 spiro atoms. The lowest BCUT2D eigenvalue weighted by molar-refractivity contribution is 0.765. The van der Waals surface area contributed by atoms with Gasteiger partial charge in [-0.1, -0.05) is 72.8 Å². The van der Waals surface area contributed by atoms with Crippen molar-refractivity contribution in [2.45, 2.75) is 0 Å². The zero-order valence-corrected chi connectivity index (χ0v) is 12.5. The van der Waals surface area contributed by atoms with Crippen molar-refractivity contribution in [3.63, 3.8) is 0 Å². The van der Waals surface area contributed by atoms with Gasteiger partial charge >= 0.3 is 0 Å². The van der Waals surface area contributed by atoms with Crippen LogP contribution < -0.4 is 0 Å². The maximum Gasteiger partial charge on any atom is 0.131 e. The Morgan fingerprint density at radius 1 is 0.609 bits per heavy atom. The summed E-state index contributed by atoms with van der Waals surface area (Å²) in [6, 6.07) is 27.8. The van der Waals surface area contributed by atoms with Gasteiger partial charge in [-0.2, -0.15) is 0 Å². The van der Waals surface area contributed by atoms with Crippen molar-refractivity contribution in [2.24, 2.45) is 0 Å². The summed E-state index contributed by atoms with van der Waals surface area (Å²) >= 11 is 0. The summed E-state index contributed by atoms with van der Waals surface area (Å²) < 4.78 is 14.6. The number of halogens is 1. The van der Waals surface area contributed by atoms with Gasteiger partial charge in [0.15, 0.2) is 0 Å². The van der Waals surface area contributed by atoms with Gasteiger partial charge in [0.05, 0.1) is 0 Å². The van der Waals surface area contributed by atoms with E-state index in [9.17, 15) is 4.39 Å². The van der Waals surface area contributed by atoms with Gasteiger partial charge in [0.25, 0.3) is 0 Å². The Balaban J connectivity index is 1.75. The van der Waals surface area contributed by atoms with Crippen molar-refractivity contribution in [1.82, 2.24) is 0 Å². The first kappa shape index (κ1) is 13.7. The maximum atomic E-state index is 14.6.